The van der Waals surface area contributed by atoms with E-state index in [4.69, 9.17) is 4.74 Å². The molecule has 1 saturated carbocycles. The van der Waals surface area contributed by atoms with Crippen LogP contribution in [-0.2, 0) is 11.3 Å². The van der Waals surface area contributed by atoms with E-state index in [1.165, 1.54) is 31.2 Å². The Bertz CT molecular complexity index is 501. The second-order valence-corrected chi connectivity index (χ2v) is 6.89. The summed E-state index contributed by atoms with van der Waals surface area (Å²) in [6, 6.07) is 8.71. The Morgan fingerprint density at radius 3 is 2.39 bits per heavy atom. The van der Waals surface area contributed by atoms with Crippen molar-refractivity contribution in [1.82, 2.24) is 10.2 Å². The van der Waals surface area contributed by atoms with Gasteiger partial charge in [0.15, 0.2) is 0 Å². The van der Waals surface area contributed by atoms with Crippen molar-refractivity contribution in [2.75, 3.05) is 20.2 Å². The molecule has 23 heavy (non-hydrogen) atoms. The molecule has 0 spiro atoms. The summed E-state index contributed by atoms with van der Waals surface area (Å²) in [6.45, 7) is 2.98. The number of carbonyl (C=O) groups excluding carboxylic acids is 1. The first-order valence-corrected chi connectivity index (χ1v) is 8.90. The molecule has 1 heterocycles. The number of benzene rings is 1. The maximum absolute atomic E-state index is 12.3. The molecule has 0 atom stereocenters. The first-order chi connectivity index (χ1) is 11.2. The molecule has 3 rings (SSSR count). The van der Waals surface area contributed by atoms with E-state index in [9.17, 15) is 4.79 Å². The van der Waals surface area contributed by atoms with Gasteiger partial charge < -0.3 is 10.1 Å². The summed E-state index contributed by atoms with van der Waals surface area (Å²) in [5.41, 5.74) is 1.31. The Morgan fingerprint density at radius 1 is 1.13 bits per heavy atom. The van der Waals surface area contributed by atoms with Crippen LogP contribution < -0.4 is 10.1 Å². The molecule has 1 aliphatic heterocycles. The maximum atomic E-state index is 12.3. The first kappa shape index (κ1) is 16.3. The Morgan fingerprint density at radius 2 is 1.78 bits per heavy atom. The van der Waals surface area contributed by atoms with E-state index >= 15 is 0 Å². The number of carbonyl (C=O) groups is 1. The largest absolute Gasteiger partial charge is 0.497 e. The minimum atomic E-state index is 0.211. The van der Waals surface area contributed by atoms with E-state index < -0.39 is 0 Å². The van der Waals surface area contributed by atoms with Crippen LogP contribution in [0.25, 0.3) is 0 Å². The normalized spacial score (nSPS) is 20.6. The smallest absolute Gasteiger partial charge is 0.223 e. The van der Waals surface area contributed by atoms with Crippen LogP contribution in [0.5, 0.6) is 5.75 Å². The van der Waals surface area contributed by atoms with Crippen LogP contribution in [0, 0.1) is 5.92 Å². The molecule has 1 aromatic carbocycles. The van der Waals surface area contributed by atoms with Gasteiger partial charge in [-0.3, -0.25) is 9.69 Å². The minimum Gasteiger partial charge on any atom is -0.497 e. The van der Waals surface area contributed by atoms with Crippen molar-refractivity contribution in [2.24, 2.45) is 5.92 Å². The quantitative estimate of drug-likeness (QED) is 0.908. The molecule has 1 N–H and O–H groups in total. The lowest BCUT2D eigenvalue weighted by atomic mass is 9.95. The number of likely N-dealkylation sites (tertiary alicyclic amines) is 1. The Balaban J connectivity index is 1.43. The van der Waals surface area contributed by atoms with Gasteiger partial charge in [0.05, 0.1) is 7.11 Å². The number of methoxy groups -OCH3 is 1. The van der Waals surface area contributed by atoms with Crippen LogP contribution in [-0.4, -0.2) is 37.0 Å². The molecule has 2 fully saturated rings. The van der Waals surface area contributed by atoms with Gasteiger partial charge in [-0.1, -0.05) is 25.0 Å². The average molecular weight is 316 g/mol. The first-order valence-electron chi connectivity index (χ1n) is 8.90. The minimum absolute atomic E-state index is 0.211. The molecule has 4 heteroatoms. The summed E-state index contributed by atoms with van der Waals surface area (Å²) in [5, 5.41) is 3.25. The second kappa shape index (κ2) is 7.82. The van der Waals surface area contributed by atoms with Crippen LogP contribution in [0.15, 0.2) is 24.3 Å². The SMILES string of the molecule is COc1ccc(CN2CCC(C(=O)NC3CCCC3)CC2)cc1. The molecule has 4 nitrogen and oxygen atoms in total. The summed E-state index contributed by atoms with van der Waals surface area (Å²) in [7, 11) is 1.69. The van der Waals surface area contributed by atoms with Gasteiger partial charge in [-0.15, -0.1) is 0 Å². The maximum Gasteiger partial charge on any atom is 0.223 e. The van der Waals surface area contributed by atoms with Gasteiger partial charge in [-0.2, -0.15) is 0 Å². The Labute approximate surface area is 139 Å². The molecular formula is C19H28N2O2. The van der Waals surface area contributed by atoms with E-state index in [0.29, 0.717) is 11.9 Å². The molecular weight excluding hydrogens is 288 g/mol. The number of nitrogens with one attached hydrogen (secondary N) is 1. The number of nitrogens with zero attached hydrogens (tertiary/aromatic N) is 1. The van der Waals surface area contributed by atoms with E-state index in [2.05, 4.69) is 22.3 Å². The summed E-state index contributed by atoms with van der Waals surface area (Å²) in [5.74, 6) is 1.40. The third-order valence-corrected chi connectivity index (χ3v) is 5.23. The van der Waals surface area contributed by atoms with Crippen molar-refractivity contribution in [1.29, 1.82) is 0 Å². The van der Waals surface area contributed by atoms with Crippen LogP contribution in [0.3, 0.4) is 0 Å². The summed E-state index contributed by atoms with van der Waals surface area (Å²) in [6.07, 6.45) is 6.84. The van der Waals surface area contributed by atoms with Crippen LogP contribution in [0.1, 0.15) is 44.1 Å². The van der Waals surface area contributed by atoms with Crippen LogP contribution >= 0.6 is 0 Å². The fraction of sp³-hybridized carbons (Fsp3) is 0.632. The van der Waals surface area contributed by atoms with Gasteiger partial charge in [0, 0.05) is 18.5 Å². The van der Waals surface area contributed by atoms with Gasteiger partial charge in [0.2, 0.25) is 5.91 Å². The van der Waals surface area contributed by atoms with Crippen molar-refractivity contribution < 1.29 is 9.53 Å². The summed E-state index contributed by atoms with van der Waals surface area (Å²) < 4.78 is 5.20. The predicted octanol–water partition coefficient (Wildman–Crippen LogP) is 2.97. The molecule has 0 bridgehead atoms. The Hall–Kier alpha value is -1.55. The van der Waals surface area contributed by atoms with Crippen molar-refractivity contribution in [3.8, 4) is 5.75 Å². The molecule has 0 radical (unpaired) electrons. The lowest BCUT2D eigenvalue weighted by Crippen LogP contribution is -2.42. The molecule has 1 aliphatic carbocycles. The van der Waals surface area contributed by atoms with Crippen molar-refractivity contribution in [3.63, 3.8) is 0 Å². The van der Waals surface area contributed by atoms with Gasteiger partial charge in [-0.05, 0) is 56.5 Å². The summed E-state index contributed by atoms with van der Waals surface area (Å²) >= 11 is 0. The number of piperidine rings is 1. The van der Waals surface area contributed by atoms with Crippen molar-refractivity contribution >= 4 is 5.91 Å². The van der Waals surface area contributed by atoms with E-state index in [1.807, 2.05) is 12.1 Å². The average Bonchev–Trinajstić information content (AvgIpc) is 3.09. The molecule has 0 unspecified atom stereocenters. The molecule has 1 saturated heterocycles. The van der Waals surface area contributed by atoms with Crippen molar-refractivity contribution in [3.05, 3.63) is 29.8 Å². The number of hydrogen-bond donors (Lipinski definition) is 1. The fourth-order valence-electron chi connectivity index (χ4n) is 3.73. The third-order valence-electron chi connectivity index (χ3n) is 5.23. The standard InChI is InChI=1S/C19H28N2O2/c1-23-18-8-6-15(7-9-18)14-21-12-10-16(11-13-21)19(22)20-17-4-2-3-5-17/h6-9,16-17H,2-5,10-14H2,1H3,(H,20,22). The molecule has 2 aliphatic rings. The highest BCUT2D eigenvalue weighted by atomic mass is 16.5. The Kier molecular flexibility index (Phi) is 5.55. The van der Waals surface area contributed by atoms with Gasteiger partial charge in [0.1, 0.15) is 5.75 Å². The monoisotopic (exact) mass is 316 g/mol. The van der Waals surface area contributed by atoms with E-state index in [0.717, 1.165) is 38.2 Å². The van der Waals surface area contributed by atoms with Crippen molar-refractivity contribution in [2.45, 2.75) is 51.1 Å². The van der Waals surface area contributed by atoms with Crippen LogP contribution in [0.4, 0.5) is 0 Å². The van der Waals surface area contributed by atoms with Gasteiger partial charge in [-0.25, -0.2) is 0 Å². The topological polar surface area (TPSA) is 41.6 Å². The number of hydrogen-bond acceptors (Lipinski definition) is 3. The number of rotatable bonds is 5. The predicted molar refractivity (Wildman–Crippen MR) is 91.4 cm³/mol. The summed E-state index contributed by atoms with van der Waals surface area (Å²) in [4.78, 5) is 14.8. The van der Waals surface area contributed by atoms with E-state index in [1.54, 1.807) is 7.11 Å². The zero-order chi connectivity index (χ0) is 16.1. The molecule has 126 valence electrons. The van der Waals surface area contributed by atoms with E-state index in [-0.39, 0.29) is 5.92 Å². The molecule has 0 aromatic heterocycles. The highest BCUT2D eigenvalue weighted by Crippen LogP contribution is 2.22. The number of amides is 1. The zero-order valence-corrected chi connectivity index (χ0v) is 14.1. The number of ether oxygens (including phenoxy) is 1. The van der Waals surface area contributed by atoms with Gasteiger partial charge in [0.25, 0.3) is 0 Å². The molecule has 1 amide bonds. The highest BCUT2D eigenvalue weighted by Gasteiger charge is 2.27. The lowest BCUT2D eigenvalue weighted by Gasteiger charge is -2.31. The zero-order valence-electron chi connectivity index (χ0n) is 14.1. The highest BCUT2D eigenvalue weighted by molar-refractivity contribution is 5.79. The van der Waals surface area contributed by atoms with Crippen LogP contribution in [0.2, 0.25) is 0 Å². The fourth-order valence-corrected chi connectivity index (χ4v) is 3.73. The lowest BCUT2D eigenvalue weighted by molar-refractivity contribution is -0.127. The van der Waals surface area contributed by atoms with Gasteiger partial charge >= 0.3 is 0 Å². The third kappa shape index (κ3) is 4.47. The molecule has 1 aromatic rings. The second-order valence-electron chi connectivity index (χ2n) is 6.89.